The number of H-pyrrole nitrogens is 1. The number of likely N-dealkylation sites (tertiary alicyclic amines) is 1. The van der Waals surface area contributed by atoms with E-state index in [2.05, 4.69) is 4.98 Å². The van der Waals surface area contributed by atoms with Gasteiger partial charge in [-0.1, -0.05) is 30.3 Å². The third-order valence-electron chi connectivity index (χ3n) is 4.66. The number of hydrogen-bond donors (Lipinski definition) is 1. The van der Waals surface area contributed by atoms with Gasteiger partial charge < -0.3 is 9.88 Å². The van der Waals surface area contributed by atoms with Crippen LogP contribution in [0.15, 0.2) is 48.5 Å². The summed E-state index contributed by atoms with van der Waals surface area (Å²) in [6.45, 7) is 1.51. The van der Waals surface area contributed by atoms with Crippen LogP contribution in [0.1, 0.15) is 23.3 Å². The first-order valence-corrected chi connectivity index (χ1v) is 8.30. The van der Waals surface area contributed by atoms with Crippen molar-refractivity contribution in [3.05, 3.63) is 64.3 Å². The molecule has 3 aromatic rings. The number of non-ortho nitro benzene ring substituents is 1. The minimum atomic E-state index is -0.414. The maximum Gasteiger partial charge on any atom is 0.270 e. The number of carbonyl (C=O) groups excluding carboxylic acids is 1. The van der Waals surface area contributed by atoms with Gasteiger partial charge in [0.15, 0.2) is 0 Å². The predicted molar refractivity (Wildman–Crippen MR) is 95.5 cm³/mol. The zero-order chi connectivity index (χ0) is 17.4. The molecule has 25 heavy (non-hydrogen) atoms. The van der Waals surface area contributed by atoms with Crippen LogP contribution in [-0.4, -0.2) is 33.8 Å². The Hall–Kier alpha value is -3.15. The lowest BCUT2D eigenvalue weighted by Gasteiger charge is -2.15. The summed E-state index contributed by atoms with van der Waals surface area (Å²) in [4.78, 5) is 28.8. The number of aromatic nitrogens is 1. The minimum Gasteiger partial charge on any atom is -0.350 e. The molecule has 6 nitrogen and oxygen atoms in total. The van der Waals surface area contributed by atoms with Gasteiger partial charge in [-0.15, -0.1) is 0 Å². The summed E-state index contributed by atoms with van der Waals surface area (Å²) in [5.41, 5.74) is 2.85. The number of hydrogen-bond acceptors (Lipinski definition) is 3. The number of nitrogens with zero attached hydrogens (tertiary/aromatic N) is 2. The molecule has 126 valence electrons. The van der Waals surface area contributed by atoms with E-state index in [9.17, 15) is 14.9 Å². The molecule has 0 aliphatic carbocycles. The summed E-state index contributed by atoms with van der Waals surface area (Å²) in [6.07, 6.45) is 2.02. The van der Waals surface area contributed by atoms with Crippen LogP contribution in [-0.2, 0) is 0 Å². The van der Waals surface area contributed by atoms with Crippen LogP contribution < -0.4 is 0 Å². The van der Waals surface area contributed by atoms with Crippen molar-refractivity contribution in [3.63, 3.8) is 0 Å². The Bertz CT molecular complexity index is 957. The normalized spacial score (nSPS) is 14.2. The maximum absolute atomic E-state index is 13.0. The van der Waals surface area contributed by atoms with Gasteiger partial charge in [-0.25, -0.2) is 0 Å². The Labute approximate surface area is 144 Å². The second kappa shape index (κ2) is 6.05. The van der Waals surface area contributed by atoms with Crippen molar-refractivity contribution in [1.82, 2.24) is 9.88 Å². The van der Waals surface area contributed by atoms with E-state index in [1.165, 1.54) is 12.1 Å². The van der Waals surface area contributed by atoms with Crippen molar-refractivity contribution in [2.45, 2.75) is 12.8 Å². The molecule has 2 heterocycles. The highest BCUT2D eigenvalue weighted by molar-refractivity contribution is 6.10. The number of carbonyl (C=O) groups is 1. The average molecular weight is 335 g/mol. The molecular weight excluding hydrogens is 318 g/mol. The number of rotatable bonds is 3. The number of nitrogens with one attached hydrogen (secondary N) is 1. The summed E-state index contributed by atoms with van der Waals surface area (Å²) in [7, 11) is 0. The molecule has 1 aliphatic heterocycles. The molecule has 1 saturated heterocycles. The van der Waals surface area contributed by atoms with Gasteiger partial charge in [0, 0.05) is 41.7 Å². The highest BCUT2D eigenvalue weighted by atomic mass is 16.6. The van der Waals surface area contributed by atoms with Crippen LogP contribution in [0.4, 0.5) is 5.69 Å². The molecular formula is C19H17N3O3. The van der Waals surface area contributed by atoms with Crippen LogP contribution in [0.2, 0.25) is 0 Å². The van der Waals surface area contributed by atoms with Gasteiger partial charge in [-0.3, -0.25) is 14.9 Å². The molecule has 0 spiro atoms. The molecule has 1 amide bonds. The van der Waals surface area contributed by atoms with Crippen molar-refractivity contribution in [2.24, 2.45) is 0 Å². The monoisotopic (exact) mass is 335 g/mol. The smallest absolute Gasteiger partial charge is 0.270 e. The Morgan fingerprint density at radius 2 is 1.80 bits per heavy atom. The first kappa shape index (κ1) is 15.4. The van der Waals surface area contributed by atoms with Gasteiger partial charge in [0.1, 0.15) is 5.69 Å². The van der Waals surface area contributed by atoms with Crippen molar-refractivity contribution >= 4 is 22.5 Å². The zero-order valence-corrected chi connectivity index (χ0v) is 13.6. The number of fused-ring (bicyclic) bond motifs is 1. The average Bonchev–Trinajstić information content (AvgIpc) is 3.29. The lowest BCUT2D eigenvalue weighted by molar-refractivity contribution is -0.384. The van der Waals surface area contributed by atoms with E-state index in [1.807, 2.05) is 35.2 Å². The third kappa shape index (κ3) is 2.65. The lowest BCUT2D eigenvalue weighted by atomic mass is 10.0. The van der Waals surface area contributed by atoms with E-state index < -0.39 is 4.92 Å². The zero-order valence-electron chi connectivity index (χ0n) is 13.6. The molecule has 0 radical (unpaired) electrons. The van der Waals surface area contributed by atoms with Gasteiger partial charge in [-0.05, 0) is 24.5 Å². The Morgan fingerprint density at radius 3 is 2.48 bits per heavy atom. The number of benzene rings is 2. The predicted octanol–water partition coefficient (Wildman–Crippen LogP) is 3.98. The van der Waals surface area contributed by atoms with E-state index in [0.717, 1.165) is 42.6 Å². The van der Waals surface area contributed by atoms with Crippen molar-refractivity contribution in [3.8, 4) is 11.1 Å². The van der Waals surface area contributed by atoms with Crippen LogP contribution in [0.5, 0.6) is 0 Å². The Morgan fingerprint density at radius 1 is 1.08 bits per heavy atom. The topological polar surface area (TPSA) is 79.2 Å². The number of amides is 1. The van der Waals surface area contributed by atoms with Gasteiger partial charge in [0.05, 0.1) is 4.92 Å². The van der Waals surface area contributed by atoms with E-state index in [1.54, 1.807) is 6.07 Å². The SMILES string of the molecule is O=C(c1[nH]c2ccc([N+](=O)[O-])cc2c1-c1ccccc1)N1CCCC1. The first-order valence-electron chi connectivity index (χ1n) is 8.30. The quantitative estimate of drug-likeness (QED) is 0.581. The summed E-state index contributed by atoms with van der Waals surface area (Å²) < 4.78 is 0. The van der Waals surface area contributed by atoms with Crippen LogP contribution >= 0.6 is 0 Å². The van der Waals surface area contributed by atoms with Crippen LogP contribution in [0, 0.1) is 10.1 Å². The molecule has 0 saturated carbocycles. The molecule has 6 heteroatoms. The fourth-order valence-corrected chi connectivity index (χ4v) is 3.44. The number of aromatic amines is 1. The molecule has 4 rings (SSSR count). The second-order valence-electron chi connectivity index (χ2n) is 6.23. The summed E-state index contributed by atoms with van der Waals surface area (Å²) >= 11 is 0. The van der Waals surface area contributed by atoms with E-state index in [0.29, 0.717) is 11.1 Å². The molecule has 0 unspecified atom stereocenters. The Balaban J connectivity index is 1.95. The van der Waals surface area contributed by atoms with Gasteiger partial charge in [-0.2, -0.15) is 0 Å². The molecule has 1 aliphatic rings. The van der Waals surface area contributed by atoms with E-state index in [4.69, 9.17) is 0 Å². The molecule has 0 bridgehead atoms. The fourth-order valence-electron chi connectivity index (χ4n) is 3.44. The fraction of sp³-hybridized carbons (Fsp3) is 0.211. The van der Waals surface area contributed by atoms with Gasteiger partial charge in [0.25, 0.3) is 11.6 Å². The summed E-state index contributed by atoms with van der Waals surface area (Å²) in [6, 6.07) is 14.2. The highest BCUT2D eigenvalue weighted by Crippen LogP contribution is 2.35. The minimum absolute atomic E-state index is 0.0175. The molecule has 0 atom stereocenters. The molecule has 1 N–H and O–H groups in total. The number of nitro benzene ring substituents is 1. The van der Waals surface area contributed by atoms with Crippen molar-refractivity contribution < 1.29 is 9.72 Å². The molecule has 1 fully saturated rings. The largest absolute Gasteiger partial charge is 0.350 e. The van der Waals surface area contributed by atoms with Gasteiger partial charge in [0.2, 0.25) is 0 Å². The Kier molecular flexibility index (Phi) is 3.72. The summed E-state index contributed by atoms with van der Waals surface area (Å²) in [5, 5.41) is 11.9. The first-order chi connectivity index (χ1) is 12.1. The third-order valence-corrected chi connectivity index (χ3v) is 4.66. The molecule has 1 aromatic heterocycles. The van der Waals surface area contributed by atoms with Gasteiger partial charge >= 0.3 is 0 Å². The van der Waals surface area contributed by atoms with E-state index in [-0.39, 0.29) is 11.6 Å². The van der Waals surface area contributed by atoms with Crippen molar-refractivity contribution in [2.75, 3.05) is 13.1 Å². The van der Waals surface area contributed by atoms with Crippen molar-refractivity contribution in [1.29, 1.82) is 0 Å². The van der Waals surface area contributed by atoms with E-state index >= 15 is 0 Å². The molecule has 2 aromatic carbocycles. The van der Waals surface area contributed by atoms with Crippen LogP contribution in [0.3, 0.4) is 0 Å². The number of nitro groups is 1. The summed E-state index contributed by atoms with van der Waals surface area (Å²) in [5.74, 6) is -0.0461. The standard InChI is InChI=1S/C19H17N3O3/c23-19(21-10-4-5-11-21)18-17(13-6-2-1-3-7-13)15-12-14(22(24)25)8-9-16(15)20-18/h1-3,6-9,12,20H,4-5,10-11H2. The maximum atomic E-state index is 13.0. The highest BCUT2D eigenvalue weighted by Gasteiger charge is 2.26. The lowest BCUT2D eigenvalue weighted by Crippen LogP contribution is -2.28. The second-order valence-corrected chi connectivity index (χ2v) is 6.23. The van der Waals surface area contributed by atoms with Crippen LogP contribution in [0.25, 0.3) is 22.0 Å².